The third-order valence-corrected chi connectivity index (χ3v) is 4.80. The van der Waals surface area contributed by atoms with E-state index in [1.165, 1.54) is 0 Å². The van der Waals surface area contributed by atoms with Crippen LogP contribution in [-0.4, -0.2) is 51.2 Å². The maximum absolute atomic E-state index is 5.35. The van der Waals surface area contributed by atoms with Crippen molar-refractivity contribution in [1.29, 1.82) is 0 Å². The molecule has 24 heavy (non-hydrogen) atoms. The van der Waals surface area contributed by atoms with Crippen molar-refractivity contribution in [2.45, 2.75) is 45.2 Å². The molecule has 8 heteroatoms. The predicted octanol–water partition coefficient (Wildman–Crippen LogP) is 2.85. The molecule has 0 N–H and O–H groups in total. The van der Waals surface area contributed by atoms with Gasteiger partial charge in [-0.1, -0.05) is 19.0 Å². The number of hydrogen-bond donors (Lipinski definition) is 0. The molecule has 1 saturated heterocycles. The smallest absolute Gasteiger partial charge is 0.240 e. The lowest BCUT2D eigenvalue weighted by molar-refractivity contribution is 0.179. The van der Waals surface area contributed by atoms with E-state index in [2.05, 4.69) is 66.7 Å². The van der Waals surface area contributed by atoms with Crippen molar-refractivity contribution in [1.82, 2.24) is 25.0 Å². The first-order valence-electron chi connectivity index (χ1n) is 8.28. The molecule has 0 aliphatic carbocycles. The van der Waals surface area contributed by atoms with Crippen LogP contribution in [0.3, 0.4) is 0 Å². The molecule has 7 nitrogen and oxygen atoms in total. The number of rotatable bonds is 5. The summed E-state index contributed by atoms with van der Waals surface area (Å²) in [5.41, 5.74) is 0. The zero-order valence-corrected chi connectivity index (χ0v) is 15.9. The van der Waals surface area contributed by atoms with Crippen LogP contribution >= 0.6 is 15.9 Å². The minimum atomic E-state index is 0.299. The van der Waals surface area contributed by atoms with Gasteiger partial charge in [-0.3, -0.25) is 4.90 Å². The minimum absolute atomic E-state index is 0.299. The van der Waals surface area contributed by atoms with E-state index < -0.39 is 0 Å². The molecule has 0 amide bonds. The van der Waals surface area contributed by atoms with Crippen molar-refractivity contribution in [3.05, 3.63) is 28.6 Å². The summed E-state index contributed by atoms with van der Waals surface area (Å²) in [5.74, 6) is 2.57. The highest BCUT2D eigenvalue weighted by atomic mass is 79.9. The Morgan fingerprint density at radius 3 is 2.54 bits per heavy atom. The average molecular weight is 395 g/mol. The Bertz CT molecular complexity index is 651. The van der Waals surface area contributed by atoms with E-state index in [-0.39, 0.29) is 0 Å². The Morgan fingerprint density at radius 2 is 1.96 bits per heavy atom. The first-order chi connectivity index (χ1) is 11.5. The highest BCUT2D eigenvalue weighted by Gasteiger charge is 2.25. The maximum atomic E-state index is 5.35. The summed E-state index contributed by atoms with van der Waals surface area (Å²) < 4.78 is 6.24. The SMILES string of the molecule is CC(C)c1noc(CN2CCC(N(C)c3ncc(Br)cn3)CC2)n1. The van der Waals surface area contributed by atoms with Gasteiger partial charge in [0.1, 0.15) is 0 Å². The topological polar surface area (TPSA) is 71.2 Å². The van der Waals surface area contributed by atoms with Gasteiger partial charge in [-0.15, -0.1) is 0 Å². The van der Waals surface area contributed by atoms with Crippen LogP contribution in [0.1, 0.15) is 44.3 Å². The highest BCUT2D eigenvalue weighted by molar-refractivity contribution is 9.10. The summed E-state index contributed by atoms with van der Waals surface area (Å²) in [6, 6.07) is 0.455. The number of aromatic nitrogens is 4. The molecule has 0 atom stereocenters. The molecule has 1 aliphatic heterocycles. The second kappa shape index (κ2) is 7.57. The van der Waals surface area contributed by atoms with Gasteiger partial charge in [0.05, 0.1) is 11.0 Å². The highest BCUT2D eigenvalue weighted by Crippen LogP contribution is 2.21. The van der Waals surface area contributed by atoms with Gasteiger partial charge in [-0.2, -0.15) is 4.98 Å². The second-order valence-corrected chi connectivity index (χ2v) is 7.44. The van der Waals surface area contributed by atoms with Crippen LogP contribution < -0.4 is 4.90 Å². The monoisotopic (exact) mass is 394 g/mol. The normalized spacial score (nSPS) is 16.7. The van der Waals surface area contributed by atoms with E-state index in [4.69, 9.17) is 4.52 Å². The minimum Gasteiger partial charge on any atom is -0.341 e. The third-order valence-electron chi connectivity index (χ3n) is 4.39. The zero-order valence-electron chi connectivity index (χ0n) is 14.3. The molecule has 1 aliphatic rings. The number of likely N-dealkylation sites (tertiary alicyclic amines) is 1. The Kier molecular flexibility index (Phi) is 5.45. The van der Waals surface area contributed by atoms with Crippen LogP contribution in [0.15, 0.2) is 21.4 Å². The first kappa shape index (κ1) is 17.3. The largest absolute Gasteiger partial charge is 0.341 e. The lowest BCUT2D eigenvalue weighted by atomic mass is 10.0. The maximum Gasteiger partial charge on any atom is 0.240 e. The van der Waals surface area contributed by atoms with Crippen LogP contribution in [0, 0.1) is 0 Å². The van der Waals surface area contributed by atoms with Gasteiger partial charge in [0.15, 0.2) is 5.82 Å². The van der Waals surface area contributed by atoms with Crippen molar-refractivity contribution in [2.75, 3.05) is 25.0 Å². The standard InChI is InChI=1S/C16H23BrN6O/c1-11(2)15-20-14(24-21-15)10-23-6-4-13(5-7-23)22(3)16-18-8-12(17)9-19-16/h8-9,11,13H,4-7,10H2,1-3H3. The summed E-state index contributed by atoms with van der Waals surface area (Å²) in [7, 11) is 2.07. The number of anilines is 1. The fourth-order valence-electron chi connectivity index (χ4n) is 2.87. The molecule has 130 valence electrons. The van der Waals surface area contributed by atoms with Crippen LogP contribution in [0.25, 0.3) is 0 Å². The molecular weight excluding hydrogens is 372 g/mol. The number of halogens is 1. The summed E-state index contributed by atoms with van der Waals surface area (Å²) in [6.07, 6.45) is 5.72. The summed E-state index contributed by atoms with van der Waals surface area (Å²) in [5, 5.41) is 4.03. The zero-order chi connectivity index (χ0) is 17.1. The van der Waals surface area contributed by atoms with E-state index in [1.807, 2.05) is 0 Å². The van der Waals surface area contributed by atoms with Crippen LogP contribution in [0.4, 0.5) is 5.95 Å². The van der Waals surface area contributed by atoms with Crippen LogP contribution in [-0.2, 0) is 6.54 Å². The summed E-state index contributed by atoms with van der Waals surface area (Å²) >= 11 is 3.37. The molecule has 0 radical (unpaired) electrons. The van der Waals surface area contributed by atoms with E-state index >= 15 is 0 Å². The van der Waals surface area contributed by atoms with Crippen molar-refractivity contribution in [2.24, 2.45) is 0 Å². The average Bonchev–Trinajstić information content (AvgIpc) is 3.04. The van der Waals surface area contributed by atoms with Gasteiger partial charge in [-0.25, -0.2) is 9.97 Å². The van der Waals surface area contributed by atoms with Gasteiger partial charge in [0.25, 0.3) is 0 Å². The van der Waals surface area contributed by atoms with Crippen molar-refractivity contribution < 1.29 is 4.52 Å². The lowest BCUT2D eigenvalue weighted by Crippen LogP contribution is -2.43. The number of nitrogens with zero attached hydrogens (tertiary/aromatic N) is 6. The Labute approximate surface area is 150 Å². The molecule has 2 aromatic rings. The summed E-state index contributed by atoms with van der Waals surface area (Å²) in [4.78, 5) is 17.8. The molecule has 0 aromatic carbocycles. The Hall–Kier alpha value is -1.54. The van der Waals surface area contributed by atoms with Crippen molar-refractivity contribution >= 4 is 21.9 Å². The molecule has 0 bridgehead atoms. The summed E-state index contributed by atoms with van der Waals surface area (Å²) in [6.45, 7) is 6.88. The molecule has 2 aromatic heterocycles. The Morgan fingerprint density at radius 1 is 1.29 bits per heavy atom. The third kappa shape index (κ3) is 4.10. The van der Waals surface area contributed by atoms with E-state index in [1.54, 1.807) is 12.4 Å². The quantitative estimate of drug-likeness (QED) is 0.771. The van der Waals surface area contributed by atoms with Crippen molar-refractivity contribution in [3.63, 3.8) is 0 Å². The molecule has 1 fully saturated rings. The van der Waals surface area contributed by atoms with E-state index in [0.29, 0.717) is 17.9 Å². The fourth-order valence-corrected chi connectivity index (χ4v) is 3.08. The van der Waals surface area contributed by atoms with Gasteiger partial charge in [0.2, 0.25) is 11.8 Å². The molecular formula is C16H23BrN6O. The first-order valence-corrected chi connectivity index (χ1v) is 9.07. The van der Waals surface area contributed by atoms with Gasteiger partial charge in [0, 0.05) is 44.5 Å². The molecule has 0 spiro atoms. The molecule has 0 unspecified atom stereocenters. The second-order valence-electron chi connectivity index (χ2n) is 6.52. The van der Waals surface area contributed by atoms with Gasteiger partial charge < -0.3 is 9.42 Å². The fraction of sp³-hybridized carbons (Fsp3) is 0.625. The molecule has 0 saturated carbocycles. The van der Waals surface area contributed by atoms with E-state index in [0.717, 1.165) is 48.7 Å². The molecule has 3 heterocycles. The van der Waals surface area contributed by atoms with E-state index in [9.17, 15) is 0 Å². The predicted molar refractivity (Wildman–Crippen MR) is 94.8 cm³/mol. The lowest BCUT2D eigenvalue weighted by Gasteiger charge is -2.36. The van der Waals surface area contributed by atoms with Crippen LogP contribution in [0.2, 0.25) is 0 Å². The van der Waals surface area contributed by atoms with Crippen LogP contribution in [0.5, 0.6) is 0 Å². The molecule has 3 rings (SSSR count). The number of hydrogen-bond acceptors (Lipinski definition) is 7. The van der Waals surface area contributed by atoms with Gasteiger partial charge >= 0.3 is 0 Å². The van der Waals surface area contributed by atoms with Gasteiger partial charge in [-0.05, 0) is 28.8 Å². The Balaban J connectivity index is 1.52. The van der Waals surface area contributed by atoms with Crippen molar-refractivity contribution in [3.8, 4) is 0 Å². The number of piperidine rings is 1.